The molecule has 0 aliphatic rings. The Hall–Kier alpha value is -1.86. The number of alkyl halides is 3. The number of nitrogens with one attached hydrogen (secondary N) is 1. The number of benzene rings is 2. The van der Waals surface area contributed by atoms with Crippen molar-refractivity contribution < 1.29 is 22.7 Å². The van der Waals surface area contributed by atoms with Gasteiger partial charge in [0, 0.05) is 10.8 Å². The van der Waals surface area contributed by atoms with E-state index in [-0.39, 0.29) is 5.69 Å². The number of para-hydroxylation sites is 1. The molecule has 0 heterocycles. The lowest BCUT2D eigenvalue weighted by Gasteiger charge is -2.16. The van der Waals surface area contributed by atoms with Crippen molar-refractivity contribution in [3.05, 3.63) is 59.1 Å². The molecule has 3 nitrogen and oxygen atoms in total. The maximum absolute atomic E-state index is 13.0. The Bertz CT molecular complexity index is 755. The van der Waals surface area contributed by atoms with Crippen LogP contribution >= 0.6 is 23.4 Å². The Morgan fingerprint density at radius 1 is 1.23 bits per heavy atom. The van der Waals surface area contributed by atoms with Gasteiger partial charge in [-0.15, -0.1) is 11.8 Å². The molecular formula is C18H17ClF3NO2S. The molecule has 2 aromatic carbocycles. The van der Waals surface area contributed by atoms with Crippen molar-refractivity contribution in [3.8, 4) is 5.75 Å². The zero-order valence-electron chi connectivity index (χ0n) is 13.8. The van der Waals surface area contributed by atoms with E-state index in [4.69, 9.17) is 16.3 Å². The highest BCUT2D eigenvalue weighted by atomic mass is 35.5. The number of anilines is 1. The van der Waals surface area contributed by atoms with Gasteiger partial charge < -0.3 is 10.1 Å². The van der Waals surface area contributed by atoms with E-state index in [0.717, 1.165) is 6.07 Å². The largest absolute Gasteiger partial charge is 0.493 e. The third-order valence-corrected chi connectivity index (χ3v) is 4.73. The van der Waals surface area contributed by atoms with Crippen LogP contribution in [0.2, 0.25) is 5.02 Å². The third kappa shape index (κ3) is 6.14. The van der Waals surface area contributed by atoms with E-state index >= 15 is 0 Å². The summed E-state index contributed by atoms with van der Waals surface area (Å²) in [6, 6.07) is 11.8. The number of hydrogen-bond donors (Lipinski definition) is 1. The summed E-state index contributed by atoms with van der Waals surface area (Å²) in [4.78, 5) is 12.1. The van der Waals surface area contributed by atoms with Crippen LogP contribution in [0, 0.1) is 0 Å². The molecule has 26 heavy (non-hydrogen) atoms. The fourth-order valence-electron chi connectivity index (χ4n) is 2.09. The van der Waals surface area contributed by atoms with Gasteiger partial charge in [-0.3, -0.25) is 4.79 Å². The number of hydrogen-bond acceptors (Lipinski definition) is 3. The van der Waals surface area contributed by atoms with Gasteiger partial charge in [-0.05, 0) is 37.3 Å². The molecule has 8 heteroatoms. The third-order valence-electron chi connectivity index (χ3n) is 3.38. The summed E-state index contributed by atoms with van der Waals surface area (Å²) in [5.41, 5.74) is -1.11. The van der Waals surface area contributed by atoms with Gasteiger partial charge in [0.15, 0.2) is 0 Å². The fraction of sp³-hybridized carbons (Fsp3) is 0.278. The zero-order valence-corrected chi connectivity index (χ0v) is 15.4. The molecule has 1 N–H and O–H groups in total. The van der Waals surface area contributed by atoms with Crippen molar-refractivity contribution >= 4 is 35.0 Å². The smallest absolute Gasteiger partial charge is 0.418 e. The molecule has 0 bridgehead atoms. The summed E-state index contributed by atoms with van der Waals surface area (Å²) in [5.74, 6) is 0.630. The van der Waals surface area contributed by atoms with Crippen LogP contribution in [0.4, 0.5) is 18.9 Å². The van der Waals surface area contributed by atoms with Gasteiger partial charge in [-0.1, -0.05) is 29.8 Å². The average Bonchev–Trinajstić information content (AvgIpc) is 2.58. The van der Waals surface area contributed by atoms with Crippen molar-refractivity contribution in [3.63, 3.8) is 0 Å². The minimum atomic E-state index is -4.52. The van der Waals surface area contributed by atoms with Crippen molar-refractivity contribution in [1.29, 1.82) is 0 Å². The molecule has 0 saturated heterocycles. The van der Waals surface area contributed by atoms with E-state index in [2.05, 4.69) is 5.32 Å². The lowest BCUT2D eigenvalue weighted by atomic mass is 10.1. The van der Waals surface area contributed by atoms with Crippen LogP contribution in [0.25, 0.3) is 0 Å². The number of amides is 1. The van der Waals surface area contributed by atoms with Crippen LogP contribution in [0.1, 0.15) is 12.5 Å². The van der Waals surface area contributed by atoms with Crippen LogP contribution in [-0.4, -0.2) is 23.5 Å². The lowest BCUT2D eigenvalue weighted by Crippen LogP contribution is -2.25. The Balaban J connectivity index is 1.83. The first-order valence-corrected chi connectivity index (χ1v) is 9.17. The quantitative estimate of drug-likeness (QED) is 0.620. The van der Waals surface area contributed by atoms with Crippen LogP contribution in [0.5, 0.6) is 5.75 Å². The maximum atomic E-state index is 13.0. The topological polar surface area (TPSA) is 38.3 Å². The minimum absolute atomic E-state index is 0.243. The van der Waals surface area contributed by atoms with Crippen LogP contribution < -0.4 is 10.1 Å². The first-order valence-electron chi connectivity index (χ1n) is 7.74. The Labute approximate surface area is 158 Å². The van der Waals surface area contributed by atoms with Crippen molar-refractivity contribution in [1.82, 2.24) is 0 Å². The molecule has 140 valence electrons. The first-order chi connectivity index (χ1) is 12.3. The summed E-state index contributed by atoms with van der Waals surface area (Å²) < 4.78 is 44.4. The molecule has 0 spiro atoms. The standard InChI is InChI=1S/C18H17ClF3NO2S/c1-12(26-10-9-25-14-6-4-5-13(19)11-14)17(24)23-16-8-3-2-7-15(16)18(20,21)22/h2-8,11-12H,9-10H2,1H3,(H,23,24). The summed E-state index contributed by atoms with van der Waals surface area (Å²) >= 11 is 7.14. The summed E-state index contributed by atoms with van der Waals surface area (Å²) in [6.07, 6.45) is -4.52. The molecule has 0 radical (unpaired) electrons. The van der Waals surface area contributed by atoms with Crippen LogP contribution in [0.15, 0.2) is 48.5 Å². The number of carbonyl (C=O) groups is 1. The van der Waals surface area contributed by atoms with Gasteiger partial charge in [0.1, 0.15) is 5.75 Å². The Morgan fingerprint density at radius 3 is 2.65 bits per heavy atom. The molecule has 0 aliphatic heterocycles. The second-order valence-corrected chi connectivity index (χ2v) is 7.24. The van der Waals surface area contributed by atoms with Crippen molar-refractivity contribution in [2.45, 2.75) is 18.3 Å². The molecule has 2 aromatic rings. The highest BCUT2D eigenvalue weighted by Crippen LogP contribution is 2.34. The van der Waals surface area contributed by atoms with Crippen LogP contribution in [-0.2, 0) is 11.0 Å². The average molecular weight is 404 g/mol. The predicted octanol–water partition coefficient (Wildman–Crippen LogP) is 5.50. The Morgan fingerprint density at radius 2 is 1.96 bits per heavy atom. The molecule has 1 atom stereocenters. The van der Waals surface area contributed by atoms with Crippen LogP contribution in [0.3, 0.4) is 0 Å². The first kappa shape index (κ1) is 20.5. The second-order valence-electron chi connectivity index (χ2n) is 5.35. The van der Waals surface area contributed by atoms with Gasteiger partial charge in [-0.25, -0.2) is 0 Å². The monoisotopic (exact) mass is 403 g/mol. The number of ether oxygens (including phenoxy) is 1. The molecule has 1 unspecified atom stereocenters. The second kappa shape index (κ2) is 9.19. The molecule has 0 saturated carbocycles. The van der Waals surface area contributed by atoms with Crippen molar-refractivity contribution in [2.24, 2.45) is 0 Å². The van der Waals surface area contributed by atoms with Gasteiger partial charge >= 0.3 is 6.18 Å². The fourth-order valence-corrected chi connectivity index (χ4v) is 3.01. The van der Waals surface area contributed by atoms with Crippen molar-refractivity contribution in [2.75, 3.05) is 17.7 Å². The minimum Gasteiger partial charge on any atom is -0.493 e. The Kier molecular flexibility index (Phi) is 7.23. The number of thioether (sulfide) groups is 1. The SMILES string of the molecule is CC(SCCOc1cccc(Cl)c1)C(=O)Nc1ccccc1C(F)(F)F. The highest BCUT2D eigenvalue weighted by Gasteiger charge is 2.33. The summed E-state index contributed by atoms with van der Waals surface area (Å²) in [7, 11) is 0. The zero-order chi connectivity index (χ0) is 19.2. The molecule has 0 fully saturated rings. The summed E-state index contributed by atoms with van der Waals surface area (Å²) in [6.45, 7) is 1.98. The van der Waals surface area contributed by atoms with E-state index in [0.29, 0.717) is 23.1 Å². The number of rotatable bonds is 7. The predicted molar refractivity (Wildman–Crippen MR) is 98.9 cm³/mol. The van der Waals surface area contributed by atoms with E-state index in [1.807, 2.05) is 0 Å². The van der Waals surface area contributed by atoms with E-state index in [1.54, 1.807) is 31.2 Å². The molecular weight excluding hydrogens is 387 g/mol. The van der Waals surface area contributed by atoms with E-state index < -0.39 is 22.9 Å². The van der Waals surface area contributed by atoms with Gasteiger partial charge in [0.05, 0.1) is 23.1 Å². The van der Waals surface area contributed by atoms with E-state index in [9.17, 15) is 18.0 Å². The highest BCUT2D eigenvalue weighted by molar-refractivity contribution is 8.00. The number of halogens is 4. The maximum Gasteiger partial charge on any atom is 0.418 e. The number of carbonyl (C=O) groups excluding carboxylic acids is 1. The van der Waals surface area contributed by atoms with Gasteiger partial charge in [0.25, 0.3) is 0 Å². The molecule has 0 aromatic heterocycles. The van der Waals surface area contributed by atoms with Gasteiger partial charge in [0.2, 0.25) is 5.91 Å². The summed E-state index contributed by atoms with van der Waals surface area (Å²) in [5, 5.41) is 2.38. The normalized spacial score (nSPS) is 12.5. The van der Waals surface area contributed by atoms with E-state index in [1.165, 1.54) is 30.0 Å². The van der Waals surface area contributed by atoms with Gasteiger partial charge in [-0.2, -0.15) is 13.2 Å². The molecule has 1 amide bonds. The molecule has 2 rings (SSSR count). The molecule has 0 aliphatic carbocycles. The lowest BCUT2D eigenvalue weighted by molar-refractivity contribution is -0.137.